The van der Waals surface area contributed by atoms with Crippen LogP contribution in [0.2, 0.25) is 0 Å². The fraction of sp³-hybridized carbons (Fsp3) is 0.556. The molecule has 3 amide bonds. The van der Waals surface area contributed by atoms with Crippen LogP contribution >= 0.6 is 11.8 Å². The number of hydrogen-bond acceptors (Lipinski definition) is 6. The number of thioether (sulfide) groups is 1. The van der Waals surface area contributed by atoms with E-state index in [-0.39, 0.29) is 11.9 Å². The van der Waals surface area contributed by atoms with Crippen LogP contribution in [-0.4, -0.2) is 38.0 Å². The van der Waals surface area contributed by atoms with Gasteiger partial charge in [-0.05, 0) is 32.8 Å². The van der Waals surface area contributed by atoms with Gasteiger partial charge in [-0.1, -0.05) is 31.0 Å². The zero-order chi connectivity index (χ0) is 19.4. The summed E-state index contributed by atoms with van der Waals surface area (Å²) in [6.45, 7) is 3.60. The smallest absolute Gasteiger partial charge is 0.321 e. The van der Waals surface area contributed by atoms with Gasteiger partial charge in [0, 0.05) is 13.1 Å². The molecule has 2 N–H and O–H groups in total. The molecule has 0 spiro atoms. The molecule has 1 aliphatic carbocycles. The first-order valence-electron chi connectivity index (χ1n) is 9.17. The summed E-state index contributed by atoms with van der Waals surface area (Å²) in [5, 5.41) is 13.8. The molecular formula is C18H25N5O3S. The lowest BCUT2D eigenvalue weighted by Gasteiger charge is -2.23. The molecule has 2 aromatic heterocycles. The maximum absolute atomic E-state index is 12.3. The Labute approximate surface area is 162 Å². The highest BCUT2D eigenvalue weighted by Gasteiger charge is 2.23. The molecule has 2 aromatic rings. The largest absolute Gasteiger partial charge is 0.469 e. The SMILES string of the molecule is Cc1occc1-c1nnc(S[C@@H](C)C(=O)NC(=O)NC2CCCCC2)n1C. The Morgan fingerprint density at radius 2 is 2.04 bits per heavy atom. The standard InChI is InChI=1S/C18H25N5O3S/c1-11-14(9-10-26-11)15-21-22-18(23(15)3)27-12(2)16(24)20-17(25)19-13-7-5-4-6-8-13/h9-10,12-13H,4-8H2,1-3H3,(H2,19,20,24,25)/t12-/m0/s1. The molecule has 0 aromatic carbocycles. The molecule has 0 unspecified atom stereocenters. The van der Waals surface area contributed by atoms with Gasteiger partial charge in [-0.3, -0.25) is 10.1 Å². The molecule has 0 bridgehead atoms. The molecule has 8 nitrogen and oxygen atoms in total. The van der Waals surface area contributed by atoms with E-state index in [1.54, 1.807) is 13.2 Å². The van der Waals surface area contributed by atoms with Gasteiger partial charge in [0.25, 0.3) is 0 Å². The number of carbonyl (C=O) groups is 2. The van der Waals surface area contributed by atoms with Crippen LogP contribution in [0.15, 0.2) is 21.9 Å². The first kappa shape index (κ1) is 19.5. The van der Waals surface area contributed by atoms with Crippen LogP contribution in [0.1, 0.15) is 44.8 Å². The third-order valence-corrected chi connectivity index (χ3v) is 5.90. The summed E-state index contributed by atoms with van der Waals surface area (Å²) < 4.78 is 7.13. The van der Waals surface area contributed by atoms with E-state index in [2.05, 4.69) is 20.8 Å². The van der Waals surface area contributed by atoms with Crippen LogP contribution in [0.5, 0.6) is 0 Å². The maximum Gasteiger partial charge on any atom is 0.321 e. The van der Waals surface area contributed by atoms with Crippen molar-refractivity contribution in [2.75, 3.05) is 0 Å². The molecule has 9 heteroatoms. The average Bonchev–Trinajstić information content (AvgIpc) is 3.21. The van der Waals surface area contributed by atoms with Crippen molar-refractivity contribution in [1.29, 1.82) is 0 Å². The van der Waals surface area contributed by atoms with Gasteiger partial charge in [0.05, 0.1) is 17.1 Å². The summed E-state index contributed by atoms with van der Waals surface area (Å²) in [6, 6.07) is 1.57. The van der Waals surface area contributed by atoms with Gasteiger partial charge >= 0.3 is 6.03 Å². The van der Waals surface area contributed by atoms with Crippen molar-refractivity contribution in [3.63, 3.8) is 0 Å². The maximum atomic E-state index is 12.3. The van der Waals surface area contributed by atoms with E-state index in [4.69, 9.17) is 4.42 Å². The van der Waals surface area contributed by atoms with Crippen molar-refractivity contribution in [2.24, 2.45) is 7.05 Å². The highest BCUT2D eigenvalue weighted by atomic mass is 32.2. The fourth-order valence-corrected chi connectivity index (χ4v) is 3.98. The topological polar surface area (TPSA) is 102 Å². The number of urea groups is 1. The lowest BCUT2D eigenvalue weighted by molar-refractivity contribution is -0.119. The predicted octanol–water partition coefficient (Wildman–Crippen LogP) is 3.02. The van der Waals surface area contributed by atoms with Gasteiger partial charge < -0.3 is 14.3 Å². The quantitative estimate of drug-likeness (QED) is 0.760. The fourth-order valence-electron chi connectivity index (χ4n) is 3.16. The van der Waals surface area contributed by atoms with Crippen LogP contribution in [-0.2, 0) is 11.8 Å². The normalized spacial score (nSPS) is 16.1. The van der Waals surface area contributed by atoms with Gasteiger partial charge in [-0.2, -0.15) is 0 Å². The number of imide groups is 1. The Hall–Kier alpha value is -2.29. The minimum absolute atomic E-state index is 0.161. The van der Waals surface area contributed by atoms with E-state index in [0.29, 0.717) is 11.0 Å². The summed E-state index contributed by atoms with van der Waals surface area (Å²) in [5.41, 5.74) is 0.862. The molecule has 0 aliphatic heterocycles. The lowest BCUT2D eigenvalue weighted by atomic mass is 9.96. The number of carbonyl (C=O) groups excluding carboxylic acids is 2. The van der Waals surface area contributed by atoms with Gasteiger partial charge in [0.1, 0.15) is 5.76 Å². The van der Waals surface area contributed by atoms with Gasteiger partial charge in [-0.25, -0.2) is 4.79 Å². The van der Waals surface area contributed by atoms with Crippen LogP contribution in [0, 0.1) is 6.92 Å². The highest BCUT2D eigenvalue weighted by Crippen LogP contribution is 2.27. The summed E-state index contributed by atoms with van der Waals surface area (Å²) in [5.74, 6) is 1.08. The number of nitrogens with zero attached hydrogens (tertiary/aromatic N) is 3. The summed E-state index contributed by atoms with van der Waals surface area (Å²) in [4.78, 5) is 24.4. The molecule has 0 saturated heterocycles. The van der Waals surface area contributed by atoms with Crippen molar-refractivity contribution in [2.45, 2.75) is 62.4 Å². The predicted molar refractivity (Wildman–Crippen MR) is 102 cm³/mol. The number of aromatic nitrogens is 3. The van der Waals surface area contributed by atoms with Crippen LogP contribution < -0.4 is 10.6 Å². The average molecular weight is 391 g/mol. The first-order chi connectivity index (χ1) is 13.0. The van der Waals surface area contributed by atoms with Crippen molar-refractivity contribution < 1.29 is 14.0 Å². The van der Waals surface area contributed by atoms with Gasteiger partial charge in [0.15, 0.2) is 11.0 Å². The lowest BCUT2D eigenvalue weighted by Crippen LogP contribution is -2.47. The summed E-state index contributed by atoms with van der Waals surface area (Å²) >= 11 is 1.26. The van der Waals surface area contributed by atoms with E-state index in [1.807, 2.05) is 24.6 Å². The summed E-state index contributed by atoms with van der Waals surface area (Å²) in [6.07, 6.45) is 7.01. The zero-order valence-corrected chi connectivity index (χ0v) is 16.6. The second-order valence-corrected chi connectivity index (χ2v) is 8.12. The molecule has 27 heavy (non-hydrogen) atoms. The molecule has 3 rings (SSSR count). The van der Waals surface area contributed by atoms with Crippen molar-refractivity contribution in [3.05, 3.63) is 18.1 Å². The van der Waals surface area contributed by atoms with Crippen LogP contribution in [0.3, 0.4) is 0 Å². The minimum atomic E-state index is -0.483. The molecule has 1 fully saturated rings. The van der Waals surface area contributed by atoms with Crippen molar-refractivity contribution in [1.82, 2.24) is 25.4 Å². The van der Waals surface area contributed by atoms with Gasteiger partial charge in [0.2, 0.25) is 5.91 Å². The Bertz CT molecular complexity index is 810. The molecule has 1 aliphatic rings. The number of nitrogens with one attached hydrogen (secondary N) is 2. The molecular weight excluding hydrogens is 366 g/mol. The van der Waals surface area contributed by atoms with Crippen molar-refractivity contribution >= 4 is 23.7 Å². The third kappa shape index (κ3) is 4.71. The number of amides is 3. The van der Waals surface area contributed by atoms with E-state index in [0.717, 1.165) is 37.0 Å². The Kier molecular flexibility index (Phi) is 6.20. The summed E-state index contributed by atoms with van der Waals surface area (Å²) in [7, 11) is 1.84. The second-order valence-electron chi connectivity index (χ2n) is 6.81. The highest BCUT2D eigenvalue weighted by molar-refractivity contribution is 8.00. The Balaban J connectivity index is 1.56. The molecule has 146 valence electrons. The van der Waals surface area contributed by atoms with Gasteiger partial charge in [-0.15, -0.1) is 10.2 Å². The van der Waals surface area contributed by atoms with E-state index in [1.165, 1.54) is 18.2 Å². The van der Waals surface area contributed by atoms with Crippen molar-refractivity contribution in [3.8, 4) is 11.4 Å². The number of hydrogen-bond donors (Lipinski definition) is 2. The van der Waals surface area contributed by atoms with E-state index >= 15 is 0 Å². The van der Waals surface area contributed by atoms with E-state index < -0.39 is 11.3 Å². The second kappa shape index (κ2) is 8.60. The first-order valence-corrected chi connectivity index (χ1v) is 10.1. The molecule has 1 atom stereocenters. The van der Waals surface area contributed by atoms with Crippen LogP contribution in [0.4, 0.5) is 4.79 Å². The molecule has 2 heterocycles. The number of furan rings is 1. The third-order valence-electron chi connectivity index (χ3n) is 4.76. The minimum Gasteiger partial charge on any atom is -0.469 e. The molecule has 0 radical (unpaired) electrons. The Morgan fingerprint density at radius 1 is 1.30 bits per heavy atom. The monoisotopic (exact) mass is 391 g/mol. The zero-order valence-electron chi connectivity index (χ0n) is 15.8. The Morgan fingerprint density at radius 3 is 2.70 bits per heavy atom. The van der Waals surface area contributed by atoms with Crippen LogP contribution in [0.25, 0.3) is 11.4 Å². The molecule has 1 saturated carbocycles. The number of rotatable bonds is 5. The number of aryl methyl sites for hydroxylation is 1. The van der Waals surface area contributed by atoms with E-state index in [9.17, 15) is 9.59 Å².